The molecule has 140 valence electrons. The highest BCUT2D eigenvalue weighted by molar-refractivity contribution is 7.99. The first-order valence-electron chi connectivity index (χ1n) is 9.60. The molecule has 2 aromatic rings. The highest BCUT2D eigenvalue weighted by Crippen LogP contribution is 2.27. The number of aromatic nitrogens is 2. The van der Waals surface area contributed by atoms with E-state index in [1.165, 1.54) is 17.3 Å². The molecule has 0 spiro atoms. The summed E-state index contributed by atoms with van der Waals surface area (Å²) in [5, 5.41) is 0.684. The fourth-order valence-corrected chi connectivity index (χ4v) is 4.53. The van der Waals surface area contributed by atoms with Crippen LogP contribution in [0.4, 0.5) is 5.69 Å². The molecule has 1 aliphatic carbocycles. The minimum atomic E-state index is 0.0112. The number of hydrogen-bond acceptors (Lipinski definition) is 5. The SMILES string of the molecule is O=C(CCCSc1nc2c(c(=O)[nH]1)CCCC2)CC1=Nc2ccccc2C1. The van der Waals surface area contributed by atoms with Gasteiger partial charge < -0.3 is 4.98 Å². The number of Topliss-reactive ketones (excluding diaryl/α,β-unsaturated/α-hetero) is 1. The number of ketones is 1. The number of thioether (sulfide) groups is 1. The van der Waals surface area contributed by atoms with Crippen molar-refractivity contribution in [3.05, 3.63) is 51.4 Å². The zero-order valence-corrected chi connectivity index (χ0v) is 16.1. The molecule has 2 aliphatic rings. The third kappa shape index (κ3) is 4.38. The molecule has 1 aromatic heterocycles. The van der Waals surface area contributed by atoms with Crippen LogP contribution in [0.1, 0.15) is 48.9 Å². The van der Waals surface area contributed by atoms with Gasteiger partial charge in [-0.1, -0.05) is 30.0 Å². The van der Waals surface area contributed by atoms with Gasteiger partial charge in [0.1, 0.15) is 5.78 Å². The molecule has 0 atom stereocenters. The number of para-hydroxylation sites is 1. The van der Waals surface area contributed by atoms with Crippen LogP contribution in [-0.4, -0.2) is 27.2 Å². The van der Waals surface area contributed by atoms with Crippen LogP contribution in [0.3, 0.4) is 0 Å². The van der Waals surface area contributed by atoms with Crippen molar-refractivity contribution in [2.24, 2.45) is 4.99 Å². The van der Waals surface area contributed by atoms with Gasteiger partial charge in [-0.2, -0.15) is 0 Å². The van der Waals surface area contributed by atoms with Crippen molar-refractivity contribution in [2.45, 2.75) is 56.5 Å². The lowest BCUT2D eigenvalue weighted by Crippen LogP contribution is -2.21. The van der Waals surface area contributed by atoms with Crippen molar-refractivity contribution < 1.29 is 4.79 Å². The zero-order chi connectivity index (χ0) is 18.6. The van der Waals surface area contributed by atoms with Crippen molar-refractivity contribution >= 4 is 28.9 Å². The van der Waals surface area contributed by atoms with Crippen molar-refractivity contribution in [3.8, 4) is 0 Å². The Labute approximate surface area is 162 Å². The number of carbonyl (C=O) groups excluding carboxylic acids is 1. The number of H-pyrrole nitrogens is 1. The Balaban J connectivity index is 1.23. The minimum absolute atomic E-state index is 0.0112. The lowest BCUT2D eigenvalue weighted by atomic mass is 9.97. The van der Waals surface area contributed by atoms with Gasteiger partial charge in [0, 0.05) is 36.3 Å². The van der Waals surface area contributed by atoms with E-state index in [-0.39, 0.29) is 11.3 Å². The van der Waals surface area contributed by atoms with Gasteiger partial charge in [0.05, 0.1) is 11.4 Å². The van der Waals surface area contributed by atoms with Gasteiger partial charge in [0.25, 0.3) is 5.56 Å². The standard InChI is InChI=1S/C21H23N3O2S/c25-16(13-15-12-14-6-1-3-9-18(14)22-15)7-5-11-27-21-23-19-10-4-2-8-17(19)20(26)24-21/h1,3,6,9H,2,4-5,7-8,10-13H2,(H,23,24,26). The topological polar surface area (TPSA) is 75.2 Å². The van der Waals surface area contributed by atoms with Gasteiger partial charge in [0.2, 0.25) is 0 Å². The smallest absolute Gasteiger partial charge is 0.254 e. The summed E-state index contributed by atoms with van der Waals surface area (Å²) in [6, 6.07) is 8.05. The van der Waals surface area contributed by atoms with Gasteiger partial charge in [-0.25, -0.2) is 4.98 Å². The molecule has 1 aromatic carbocycles. The fourth-order valence-electron chi connectivity index (χ4n) is 3.70. The molecule has 0 radical (unpaired) electrons. The highest BCUT2D eigenvalue weighted by Gasteiger charge is 2.17. The van der Waals surface area contributed by atoms with Gasteiger partial charge in [-0.3, -0.25) is 14.6 Å². The van der Waals surface area contributed by atoms with Gasteiger partial charge in [-0.05, 0) is 43.7 Å². The minimum Gasteiger partial charge on any atom is -0.301 e. The van der Waals surface area contributed by atoms with E-state index in [0.29, 0.717) is 18.0 Å². The van der Waals surface area contributed by atoms with E-state index in [0.717, 1.165) is 66.9 Å². The van der Waals surface area contributed by atoms with Crippen LogP contribution in [-0.2, 0) is 24.1 Å². The fraction of sp³-hybridized carbons (Fsp3) is 0.429. The van der Waals surface area contributed by atoms with Crippen molar-refractivity contribution in [1.29, 1.82) is 0 Å². The van der Waals surface area contributed by atoms with Gasteiger partial charge in [-0.15, -0.1) is 0 Å². The first kappa shape index (κ1) is 18.2. The Kier molecular flexibility index (Phi) is 5.53. The number of carbonyl (C=O) groups is 1. The van der Waals surface area contributed by atoms with Gasteiger partial charge >= 0.3 is 0 Å². The second kappa shape index (κ2) is 8.21. The average molecular weight is 382 g/mol. The maximum absolute atomic E-state index is 12.2. The lowest BCUT2D eigenvalue weighted by Gasteiger charge is -2.14. The summed E-state index contributed by atoms with van der Waals surface area (Å²) in [5.74, 6) is 1.01. The van der Waals surface area contributed by atoms with Crippen LogP contribution >= 0.6 is 11.8 Å². The molecular formula is C21H23N3O2S. The Bertz CT molecular complexity index is 949. The molecule has 6 heteroatoms. The Hall–Kier alpha value is -2.21. The lowest BCUT2D eigenvalue weighted by molar-refractivity contribution is -0.117. The number of hydrogen-bond donors (Lipinski definition) is 1. The quantitative estimate of drug-likeness (QED) is 0.450. The average Bonchev–Trinajstić information content (AvgIpc) is 3.07. The Morgan fingerprint density at radius 1 is 1.19 bits per heavy atom. The maximum atomic E-state index is 12.2. The molecule has 0 bridgehead atoms. The summed E-state index contributed by atoms with van der Waals surface area (Å²) in [7, 11) is 0. The van der Waals surface area contributed by atoms with Crippen molar-refractivity contribution in [2.75, 3.05) is 5.75 Å². The number of nitrogens with one attached hydrogen (secondary N) is 1. The molecule has 1 aliphatic heterocycles. The summed E-state index contributed by atoms with van der Waals surface area (Å²) < 4.78 is 0. The normalized spacial score (nSPS) is 15.2. The van der Waals surface area contributed by atoms with E-state index >= 15 is 0 Å². The van der Waals surface area contributed by atoms with E-state index < -0.39 is 0 Å². The molecule has 0 unspecified atom stereocenters. The second-order valence-corrected chi connectivity index (χ2v) is 8.24. The van der Waals surface area contributed by atoms with E-state index in [2.05, 4.69) is 21.0 Å². The molecule has 27 heavy (non-hydrogen) atoms. The van der Waals surface area contributed by atoms with E-state index in [1.807, 2.05) is 18.2 Å². The molecular weight excluding hydrogens is 358 g/mol. The molecule has 1 N–H and O–H groups in total. The largest absolute Gasteiger partial charge is 0.301 e. The number of benzene rings is 1. The summed E-state index contributed by atoms with van der Waals surface area (Å²) in [6.07, 6.45) is 6.46. The van der Waals surface area contributed by atoms with E-state index in [1.54, 1.807) is 0 Å². The van der Waals surface area contributed by atoms with Crippen LogP contribution in [0.5, 0.6) is 0 Å². The van der Waals surface area contributed by atoms with Crippen LogP contribution in [0.2, 0.25) is 0 Å². The number of fused-ring (bicyclic) bond motifs is 2. The van der Waals surface area contributed by atoms with Crippen LogP contribution in [0.15, 0.2) is 39.2 Å². The molecule has 5 nitrogen and oxygen atoms in total. The van der Waals surface area contributed by atoms with E-state index in [4.69, 9.17) is 0 Å². The zero-order valence-electron chi connectivity index (χ0n) is 15.3. The van der Waals surface area contributed by atoms with Crippen LogP contribution < -0.4 is 5.56 Å². The van der Waals surface area contributed by atoms with Crippen LogP contribution in [0.25, 0.3) is 0 Å². The number of aromatic amines is 1. The summed E-state index contributed by atoms with van der Waals surface area (Å²) in [5.41, 5.74) is 5.00. The first-order chi connectivity index (χ1) is 13.2. The number of aryl methyl sites for hydroxylation is 1. The predicted molar refractivity (Wildman–Crippen MR) is 108 cm³/mol. The van der Waals surface area contributed by atoms with Gasteiger partial charge in [0.15, 0.2) is 5.16 Å². The maximum Gasteiger partial charge on any atom is 0.254 e. The summed E-state index contributed by atoms with van der Waals surface area (Å²) >= 11 is 1.53. The Morgan fingerprint density at radius 2 is 2.04 bits per heavy atom. The summed E-state index contributed by atoms with van der Waals surface area (Å²) in [6.45, 7) is 0. The highest BCUT2D eigenvalue weighted by atomic mass is 32.2. The van der Waals surface area contributed by atoms with E-state index in [9.17, 15) is 9.59 Å². The number of aliphatic imine (C=N–C) groups is 1. The molecule has 0 fully saturated rings. The molecule has 4 rings (SSSR count). The molecule has 0 amide bonds. The van der Waals surface area contributed by atoms with Crippen LogP contribution in [0, 0.1) is 0 Å². The molecule has 0 saturated carbocycles. The number of rotatable bonds is 7. The van der Waals surface area contributed by atoms with Crippen molar-refractivity contribution in [1.82, 2.24) is 9.97 Å². The monoisotopic (exact) mass is 381 g/mol. The number of nitrogens with zero attached hydrogens (tertiary/aromatic N) is 2. The summed E-state index contributed by atoms with van der Waals surface area (Å²) in [4.78, 5) is 36.4. The third-order valence-corrected chi connectivity index (χ3v) is 6.03. The molecule has 0 saturated heterocycles. The first-order valence-corrected chi connectivity index (χ1v) is 10.6. The third-order valence-electron chi connectivity index (χ3n) is 5.07. The van der Waals surface area contributed by atoms with Crippen molar-refractivity contribution in [3.63, 3.8) is 0 Å². The second-order valence-electron chi connectivity index (χ2n) is 7.15. The Morgan fingerprint density at radius 3 is 2.93 bits per heavy atom. The molecule has 2 heterocycles. The predicted octanol–water partition coefficient (Wildman–Crippen LogP) is 3.81.